The zero-order valence-corrected chi connectivity index (χ0v) is 11.9. The zero-order chi connectivity index (χ0) is 18.5. The van der Waals surface area contributed by atoms with Crippen molar-refractivity contribution in [3.8, 4) is 0 Å². The molecular formula is C13H9F6N3O2. The van der Waals surface area contributed by atoms with Crippen LogP contribution in [0.4, 0.5) is 26.3 Å². The number of alkyl halides is 6. The number of ether oxygens (including phenoxy) is 1. The summed E-state index contributed by atoms with van der Waals surface area (Å²) in [5, 5.41) is 2.91. The van der Waals surface area contributed by atoms with Gasteiger partial charge in [0.1, 0.15) is 5.70 Å². The summed E-state index contributed by atoms with van der Waals surface area (Å²) in [6, 6.07) is 0.850. The van der Waals surface area contributed by atoms with Crippen molar-refractivity contribution in [1.82, 2.24) is 0 Å². The lowest BCUT2D eigenvalue weighted by Crippen LogP contribution is -2.13. The second kappa shape index (κ2) is 7.26. The van der Waals surface area contributed by atoms with Gasteiger partial charge in [0.05, 0.1) is 17.7 Å². The van der Waals surface area contributed by atoms with Crippen molar-refractivity contribution in [1.29, 1.82) is 0 Å². The van der Waals surface area contributed by atoms with E-state index in [1.165, 1.54) is 6.92 Å². The van der Waals surface area contributed by atoms with Crippen LogP contribution in [-0.2, 0) is 21.9 Å². The maximum Gasteiger partial charge on any atom is 0.417 e. The second-order valence-electron chi connectivity index (χ2n) is 4.24. The van der Waals surface area contributed by atoms with E-state index in [2.05, 4.69) is 14.8 Å². The van der Waals surface area contributed by atoms with Gasteiger partial charge in [0.25, 0.3) is 0 Å². The first-order chi connectivity index (χ1) is 11.0. The number of hydrogen-bond donors (Lipinski definition) is 0. The standard InChI is InChI=1S/C13H9F6N3O2/c1-2-24-11(23)10(21-22-20)5-7-3-4-8(12(14,15)16)6-9(7)13(17,18)19/h3-6H,2H2,1H3. The van der Waals surface area contributed by atoms with Crippen molar-refractivity contribution in [3.05, 3.63) is 51.0 Å². The number of esters is 1. The summed E-state index contributed by atoms with van der Waals surface area (Å²) < 4.78 is 81.2. The lowest BCUT2D eigenvalue weighted by atomic mass is 10.0. The molecule has 0 aliphatic heterocycles. The first kappa shape index (κ1) is 19.4. The van der Waals surface area contributed by atoms with Crippen LogP contribution < -0.4 is 0 Å². The Morgan fingerprint density at radius 2 is 1.88 bits per heavy atom. The molecule has 1 aromatic rings. The fourth-order valence-electron chi connectivity index (χ4n) is 1.63. The molecule has 0 heterocycles. The van der Waals surface area contributed by atoms with Crippen molar-refractivity contribution >= 4 is 12.0 Å². The summed E-state index contributed by atoms with van der Waals surface area (Å²) in [5.74, 6) is -1.21. The molecule has 0 radical (unpaired) electrons. The van der Waals surface area contributed by atoms with Crippen LogP contribution >= 0.6 is 0 Å². The van der Waals surface area contributed by atoms with E-state index in [4.69, 9.17) is 5.53 Å². The van der Waals surface area contributed by atoms with E-state index in [1.54, 1.807) is 0 Å². The van der Waals surface area contributed by atoms with Crippen LogP contribution in [0.5, 0.6) is 0 Å². The molecule has 0 saturated carbocycles. The van der Waals surface area contributed by atoms with E-state index in [1.807, 2.05) is 0 Å². The third-order valence-electron chi connectivity index (χ3n) is 2.62. The van der Waals surface area contributed by atoms with Gasteiger partial charge in [-0.05, 0) is 36.2 Å². The Hall–Kier alpha value is -2.68. The number of azide groups is 1. The topological polar surface area (TPSA) is 75.1 Å². The number of nitrogens with zero attached hydrogens (tertiary/aromatic N) is 3. The van der Waals surface area contributed by atoms with E-state index in [-0.39, 0.29) is 12.7 Å². The molecule has 24 heavy (non-hydrogen) atoms. The Labute approximate surface area is 131 Å². The van der Waals surface area contributed by atoms with Crippen LogP contribution in [0.25, 0.3) is 16.5 Å². The maximum atomic E-state index is 13.0. The molecule has 0 fully saturated rings. The molecule has 0 aromatic heterocycles. The molecule has 11 heteroatoms. The van der Waals surface area contributed by atoms with Crippen LogP contribution in [0.3, 0.4) is 0 Å². The normalized spacial score (nSPS) is 12.5. The van der Waals surface area contributed by atoms with Crippen LogP contribution in [0.1, 0.15) is 23.6 Å². The average molecular weight is 353 g/mol. The molecule has 0 N–H and O–H groups in total. The largest absolute Gasteiger partial charge is 0.462 e. The molecule has 1 aromatic carbocycles. The van der Waals surface area contributed by atoms with E-state index in [0.29, 0.717) is 18.2 Å². The quantitative estimate of drug-likeness (QED) is 0.192. The monoisotopic (exact) mass is 353 g/mol. The molecule has 0 atom stereocenters. The number of rotatable bonds is 4. The third kappa shape index (κ3) is 4.92. The smallest absolute Gasteiger partial charge is 0.417 e. The van der Waals surface area contributed by atoms with Gasteiger partial charge in [-0.15, -0.1) is 0 Å². The third-order valence-corrected chi connectivity index (χ3v) is 2.62. The van der Waals surface area contributed by atoms with E-state index >= 15 is 0 Å². The predicted octanol–water partition coefficient (Wildman–Crippen LogP) is 4.94. The molecule has 5 nitrogen and oxygen atoms in total. The van der Waals surface area contributed by atoms with Gasteiger partial charge in [-0.2, -0.15) is 26.3 Å². The molecule has 0 unspecified atom stereocenters. The predicted molar refractivity (Wildman–Crippen MR) is 70.2 cm³/mol. The van der Waals surface area contributed by atoms with Crippen molar-refractivity contribution in [2.45, 2.75) is 19.3 Å². The van der Waals surface area contributed by atoms with Gasteiger partial charge in [0.15, 0.2) is 0 Å². The zero-order valence-electron chi connectivity index (χ0n) is 11.9. The van der Waals surface area contributed by atoms with Crippen molar-refractivity contribution in [2.24, 2.45) is 5.11 Å². The van der Waals surface area contributed by atoms with Gasteiger partial charge >= 0.3 is 18.3 Å². The van der Waals surface area contributed by atoms with E-state index in [9.17, 15) is 31.1 Å². The fraction of sp³-hybridized carbons (Fsp3) is 0.308. The molecular weight excluding hydrogens is 344 g/mol. The highest BCUT2D eigenvalue weighted by molar-refractivity contribution is 5.93. The lowest BCUT2D eigenvalue weighted by Gasteiger charge is -2.14. The minimum Gasteiger partial charge on any atom is -0.462 e. The summed E-state index contributed by atoms with van der Waals surface area (Å²) in [6.45, 7) is 1.27. The van der Waals surface area contributed by atoms with Crippen LogP contribution in [0, 0.1) is 0 Å². The summed E-state index contributed by atoms with van der Waals surface area (Å²) >= 11 is 0. The Morgan fingerprint density at radius 3 is 2.33 bits per heavy atom. The second-order valence-corrected chi connectivity index (χ2v) is 4.24. The molecule has 130 valence electrons. The summed E-state index contributed by atoms with van der Waals surface area (Å²) in [6.07, 6.45) is -9.58. The van der Waals surface area contributed by atoms with E-state index < -0.39 is 40.7 Å². The van der Waals surface area contributed by atoms with Crippen LogP contribution in [0.2, 0.25) is 0 Å². The molecule has 0 aliphatic carbocycles. The lowest BCUT2D eigenvalue weighted by molar-refractivity contribution is -0.143. The maximum absolute atomic E-state index is 13.0. The first-order valence-corrected chi connectivity index (χ1v) is 6.23. The SMILES string of the molecule is CCOC(=O)C(=Cc1ccc(C(F)(F)F)cc1C(F)(F)F)N=[N+]=[N-]. The highest BCUT2D eigenvalue weighted by atomic mass is 19.4. The van der Waals surface area contributed by atoms with Crippen molar-refractivity contribution in [3.63, 3.8) is 0 Å². The Balaban J connectivity index is 3.54. The first-order valence-electron chi connectivity index (χ1n) is 6.23. The average Bonchev–Trinajstić information content (AvgIpc) is 2.45. The highest BCUT2D eigenvalue weighted by Crippen LogP contribution is 2.38. The van der Waals surface area contributed by atoms with Gasteiger partial charge in [0, 0.05) is 4.91 Å². The molecule has 0 aliphatic rings. The van der Waals surface area contributed by atoms with Crippen molar-refractivity contribution < 1.29 is 35.9 Å². The highest BCUT2D eigenvalue weighted by Gasteiger charge is 2.37. The molecule has 1 rings (SSSR count). The number of carbonyl (C=O) groups is 1. The van der Waals surface area contributed by atoms with Crippen molar-refractivity contribution in [2.75, 3.05) is 6.61 Å². The van der Waals surface area contributed by atoms with E-state index in [0.717, 1.165) is 0 Å². The molecule has 0 bridgehead atoms. The minimum absolute atomic E-state index is 0.0926. The van der Waals surface area contributed by atoms with Crippen LogP contribution in [0.15, 0.2) is 29.0 Å². The van der Waals surface area contributed by atoms with Crippen LogP contribution in [-0.4, -0.2) is 12.6 Å². The number of carbonyl (C=O) groups excluding carboxylic acids is 1. The number of halogens is 6. The molecule has 0 spiro atoms. The van der Waals surface area contributed by atoms with Gasteiger partial charge in [-0.3, -0.25) is 0 Å². The summed E-state index contributed by atoms with van der Waals surface area (Å²) in [5.41, 5.74) is 3.62. The number of hydrogen-bond acceptors (Lipinski definition) is 3. The summed E-state index contributed by atoms with van der Waals surface area (Å²) in [4.78, 5) is 13.8. The molecule has 0 saturated heterocycles. The minimum atomic E-state index is -5.12. The van der Waals surface area contributed by atoms with Gasteiger partial charge < -0.3 is 4.74 Å². The Kier molecular flexibility index (Phi) is 5.86. The van der Waals surface area contributed by atoms with Gasteiger partial charge in [-0.25, -0.2) is 4.79 Å². The van der Waals surface area contributed by atoms with Gasteiger partial charge in [0.2, 0.25) is 0 Å². The Morgan fingerprint density at radius 1 is 1.25 bits per heavy atom. The Bertz CT molecular complexity index is 703. The fourth-order valence-corrected chi connectivity index (χ4v) is 1.63. The summed E-state index contributed by atoms with van der Waals surface area (Å²) in [7, 11) is 0. The number of benzene rings is 1. The van der Waals surface area contributed by atoms with Gasteiger partial charge in [-0.1, -0.05) is 11.2 Å². The molecule has 0 amide bonds.